The Morgan fingerprint density at radius 1 is 1.14 bits per heavy atom. The van der Waals surface area contributed by atoms with Gasteiger partial charge in [0.2, 0.25) is 6.79 Å². The number of carbonyl (C=O) groups excluding carboxylic acids is 1. The minimum Gasteiger partial charge on any atom is -0.479 e. The number of hydrogen-bond acceptors (Lipinski definition) is 7. The van der Waals surface area contributed by atoms with Crippen molar-refractivity contribution in [2.45, 2.75) is 38.1 Å². The molecule has 2 unspecified atom stereocenters. The van der Waals surface area contributed by atoms with E-state index in [0.717, 1.165) is 25.0 Å². The second kappa shape index (κ2) is 11.5. The molecule has 0 aliphatic carbocycles. The Balaban J connectivity index is 1.34. The molecule has 3 aromatic rings. The third-order valence-corrected chi connectivity index (χ3v) is 6.14. The smallest absolute Gasteiger partial charge is 0.262 e. The van der Waals surface area contributed by atoms with E-state index in [1.54, 1.807) is 30.5 Å². The van der Waals surface area contributed by atoms with Gasteiger partial charge in [-0.3, -0.25) is 9.69 Å². The van der Waals surface area contributed by atoms with E-state index in [4.69, 9.17) is 23.4 Å². The van der Waals surface area contributed by atoms with E-state index in [1.165, 1.54) is 12.1 Å². The van der Waals surface area contributed by atoms with Gasteiger partial charge >= 0.3 is 0 Å². The lowest BCUT2D eigenvalue weighted by Crippen LogP contribution is -2.47. The van der Waals surface area contributed by atoms with Crippen LogP contribution in [0, 0.1) is 5.82 Å². The number of fused-ring (bicyclic) bond motifs is 1. The van der Waals surface area contributed by atoms with Crippen molar-refractivity contribution in [3.05, 3.63) is 78.0 Å². The first kappa shape index (κ1) is 24.1. The molecule has 2 aliphatic rings. The number of rotatable bonds is 11. The van der Waals surface area contributed by atoms with Crippen molar-refractivity contribution in [3.63, 3.8) is 0 Å². The second-order valence-electron chi connectivity index (χ2n) is 8.88. The summed E-state index contributed by atoms with van der Waals surface area (Å²) in [5.74, 6) is 1.58. The number of halogens is 1. The highest BCUT2D eigenvalue weighted by Crippen LogP contribution is 2.33. The van der Waals surface area contributed by atoms with E-state index >= 15 is 0 Å². The third kappa shape index (κ3) is 6.35. The molecule has 0 saturated carbocycles. The van der Waals surface area contributed by atoms with Crippen molar-refractivity contribution in [1.82, 2.24) is 10.2 Å². The maximum Gasteiger partial charge on any atom is 0.262 e. The minimum atomic E-state index is -0.892. The summed E-state index contributed by atoms with van der Waals surface area (Å²) in [6.45, 7) is 2.61. The lowest BCUT2D eigenvalue weighted by atomic mass is 10.1. The van der Waals surface area contributed by atoms with Crippen LogP contribution in [0.2, 0.25) is 0 Å². The largest absolute Gasteiger partial charge is 0.479 e. The summed E-state index contributed by atoms with van der Waals surface area (Å²) in [6, 6.07) is 15.2. The molecular weight excluding hydrogens is 467 g/mol. The summed E-state index contributed by atoms with van der Waals surface area (Å²) < 4.78 is 42.0. The summed E-state index contributed by atoms with van der Waals surface area (Å²) >= 11 is 0. The average molecular weight is 497 g/mol. The Bertz CT molecular complexity index is 1150. The van der Waals surface area contributed by atoms with Crippen molar-refractivity contribution < 1.29 is 32.5 Å². The fourth-order valence-corrected chi connectivity index (χ4v) is 4.39. The van der Waals surface area contributed by atoms with E-state index < -0.39 is 11.9 Å². The molecule has 0 bridgehead atoms. The molecule has 2 aromatic carbocycles. The zero-order valence-corrected chi connectivity index (χ0v) is 19.9. The van der Waals surface area contributed by atoms with Gasteiger partial charge in [-0.05, 0) is 54.8 Å². The van der Waals surface area contributed by atoms with Crippen molar-refractivity contribution in [2.24, 2.45) is 0 Å². The van der Waals surface area contributed by atoms with Crippen molar-refractivity contribution >= 4 is 5.91 Å². The van der Waals surface area contributed by atoms with Crippen molar-refractivity contribution in [3.8, 4) is 17.2 Å². The van der Waals surface area contributed by atoms with Crippen LogP contribution in [0.4, 0.5) is 4.39 Å². The number of benzene rings is 2. The second-order valence-corrected chi connectivity index (χ2v) is 8.88. The average Bonchev–Trinajstić information content (AvgIpc) is 3.65. The summed E-state index contributed by atoms with van der Waals surface area (Å²) in [5.41, 5.74) is 1.01. The molecule has 8 nitrogen and oxygen atoms in total. The molecule has 190 valence electrons. The van der Waals surface area contributed by atoms with Crippen LogP contribution in [-0.4, -0.2) is 49.5 Å². The summed E-state index contributed by atoms with van der Waals surface area (Å²) in [4.78, 5) is 15.4. The van der Waals surface area contributed by atoms with Gasteiger partial charge in [-0.15, -0.1) is 0 Å². The number of nitrogens with zero attached hydrogens (tertiary/aromatic N) is 1. The predicted molar refractivity (Wildman–Crippen MR) is 128 cm³/mol. The van der Waals surface area contributed by atoms with Crippen LogP contribution in [0.1, 0.15) is 24.2 Å². The molecule has 9 heteroatoms. The molecule has 1 amide bonds. The van der Waals surface area contributed by atoms with Crippen LogP contribution in [0.5, 0.6) is 17.2 Å². The molecular formula is C27H29FN2O6. The van der Waals surface area contributed by atoms with Crippen molar-refractivity contribution in [2.75, 3.05) is 26.5 Å². The first-order chi connectivity index (χ1) is 17.6. The van der Waals surface area contributed by atoms with Gasteiger partial charge in [-0.2, -0.15) is 0 Å². The lowest BCUT2D eigenvalue weighted by molar-refractivity contribution is -0.129. The van der Waals surface area contributed by atoms with Gasteiger partial charge in [-0.25, -0.2) is 4.39 Å². The molecule has 2 aliphatic heterocycles. The summed E-state index contributed by atoms with van der Waals surface area (Å²) in [7, 11) is 0. The van der Waals surface area contributed by atoms with Gasteiger partial charge in [-0.1, -0.05) is 12.1 Å². The molecule has 5 rings (SSSR count). The van der Waals surface area contributed by atoms with Crippen LogP contribution >= 0.6 is 0 Å². The highest BCUT2D eigenvalue weighted by atomic mass is 19.1. The van der Waals surface area contributed by atoms with Gasteiger partial charge in [0.05, 0.1) is 18.9 Å². The van der Waals surface area contributed by atoms with Gasteiger partial charge < -0.3 is 28.7 Å². The van der Waals surface area contributed by atoms with Crippen LogP contribution in [-0.2, 0) is 22.6 Å². The zero-order valence-electron chi connectivity index (χ0n) is 19.9. The van der Waals surface area contributed by atoms with Crippen LogP contribution in [0.25, 0.3) is 0 Å². The van der Waals surface area contributed by atoms with E-state index in [9.17, 15) is 9.18 Å². The Kier molecular flexibility index (Phi) is 7.68. The van der Waals surface area contributed by atoms with Gasteiger partial charge in [0.1, 0.15) is 17.3 Å². The first-order valence-corrected chi connectivity index (χ1v) is 12.1. The number of amides is 1. The number of furan rings is 1. The molecule has 3 heterocycles. The number of ether oxygens (including phenoxy) is 4. The van der Waals surface area contributed by atoms with Crippen molar-refractivity contribution in [1.29, 1.82) is 0 Å². The molecule has 0 spiro atoms. The lowest BCUT2D eigenvalue weighted by Gasteiger charge is -2.29. The third-order valence-electron chi connectivity index (χ3n) is 6.14. The van der Waals surface area contributed by atoms with Gasteiger partial charge in [0.25, 0.3) is 5.91 Å². The maximum atomic E-state index is 13.8. The summed E-state index contributed by atoms with van der Waals surface area (Å²) in [6.07, 6.45) is 2.70. The maximum absolute atomic E-state index is 13.8. The van der Waals surface area contributed by atoms with Crippen LogP contribution in [0.15, 0.2) is 65.3 Å². The highest BCUT2D eigenvalue weighted by molar-refractivity contribution is 5.81. The number of carbonyl (C=O) groups is 1. The number of nitrogens with one attached hydrogen (secondary N) is 1. The predicted octanol–water partition coefficient (Wildman–Crippen LogP) is 3.89. The van der Waals surface area contributed by atoms with Gasteiger partial charge in [0.15, 0.2) is 17.6 Å². The normalized spacial score (nSPS) is 17.3. The molecule has 1 saturated heterocycles. The fraction of sp³-hybridized carbons (Fsp3) is 0.370. The van der Waals surface area contributed by atoms with E-state index in [2.05, 4.69) is 10.2 Å². The molecule has 1 N–H and O–H groups in total. The fourth-order valence-electron chi connectivity index (χ4n) is 4.39. The summed E-state index contributed by atoms with van der Waals surface area (Å²) in [5, 5.41) is 2.87. The molecule has 2 atom stereocenters. The standard InChI is InChI=1S/C27H29FN2O6/c28-20-4-1-5-21(13-20)36-26(27(31)29-14-22-6-2-10-32-22)17-30(16-23-7-3-11-33-23)15-19-8-9-24-25(12-19)35-18-34-24/h1-2,4-6,8-10,12-13,23,26H,3,7,11,14-18H2,(H,29,31). The molecule has 1 aromatic heterocycles. The van der Waals surface area contributed by atoms with E-state index in [-0.39, 0.29) is 37.6 Å². The zero-order chi connectivity index (χ0) is 24.7. The quantitative estimate of drug-likeness (QED) is 0.431. The Morgan fingerprint density at radius 3 is 2.86 bits per heavy atom. The molecule has 0 radical (unpaired) electrons. The topological polar surface area (TPSA) is 82.4 Å². The first-order valence-electron chi connectivity index (χ1n) is 12.1. The van der Waals surface area contributed by atoms with Crippen LogP contribution in [0.3, 0.4) is 0 Å². The highest BCUT2D eigenvalue weighted by Gasteiger charge is 2.28. The number of hydrogen-bond donors (Lipinski definition) is 1. The SMILES string of the molecule is O=C(NCc1ccco1)C(CN(Cc1ccc2c(c1)OCO2)CC1CCCO1)Oc1cccc(F)c1. The molecule has 36 heavy (non-hydrogen) atoms. The Morgan fingerprint density at radius 2 is 2.06 bits per heavy atom. The van der Waals surface area contributed by atoms with Crippen LogP contribution < -0.4 is 19.5 Å². The minimum absolute atomic E-state index is 0.0695. The Hall–Kier alpha value is -3.56. The Labute approximate surface area is 208 Å². The van der Waals surface area contributed by atoms with Gasteiger partial charge in [0, 0.05) is 32.3 Å². The molecule has 1 fully saturated rings. The van der Waals surface area contributed by atoms with E-state index in [0.29, 0.717) is 30.3 Å². The van der Waals surface area contributed by atoms with E-state index in [1.807, 2.05) is 18.2 Å². The monoisotopic (exact) mass is 496 g/mol.